The van der Waals surface area contributed by atoms with Crippen molar-refractivity contribution in [2.75, 3.05) is 13.2 Å². The summed E-state index contributed by atoms with van der Waals surface area (Å²) in [6, 6.07) is 14.1. The van der Waals surface area contributed by atoms with E-state index in [1.165, 1.54) is 17.5 Å². The maximum absolute atomic E-state index is 12.2. The molecule has 0 atom stereocenters. The zero-order valence-electron chi connectivity index (χ0n) is 14.4. The molecule has 0 N–H and O–H groups in total. The van der Waals surface area contributed by atoms with Crippen LogP contribution in [0, 0.1) is 11.3 Å². The quantitative estimate of drug-likeness (QED) is 0.591. The van der Waals surface area contributed by atoms with E-state index in [2.05, 4.69) is 0 Å². The molecular formula is C21H19NO4. The Kier molecular flexibility index (Phi) is 5.65. The number of aryl methyl sites for hydroxylation is 2. The van der Waals surface area contributed by atoms with Crippen LogP contribution in [0.4, 0.5) is 0 Å². The van der Waals surface area contributed by atoms with E-state index in [0.29, 0.717) is 16.9 Å². The molecule has 0 fully saturated rings. The van der Waals surface area contributed by atoms with Crippen molar-refractivity contribution in [1.29, 1.82) is 5.26 Å². The van der Waals surface area contributed by atoms with Gasteiger partial charge in [-0.3, -0.25) is 4.79 Å². The summed E-state index contributed by atoms with van der Waals surface area (Å²) in [5.74, 6) is -0.368. The second-order valence-electron chi connectivity index (χ2n) is 6.20. The number of nitrogens with zero attached hydrogens (tertiary/aromatic N) is 1. The van der Waals surface area contributed by atoms with Crippen molar-refractivity contribution in [3.63, 3.8) is 0 Å². The van der Waals surface area contributed by atoms with Gasteiger partial charge in [0.2, 0.25) is 0 Å². The van der Waals surface area contributed by atoms with Gasteiger partial charge in [0.05, 0.1) is 11.6 Å². The number of benzene rings is 2. The minimum absolute atomic E-state index is 0.218. The molecule has 0 unspecified atom stereocenters. The standard InChI is InChI=1S/C21H19NO4/c22-12-15-5-9-19(10-6-15)25-14-21(24)26-13-20(23)18-8-7-16-3-1-2-4-17(16)11-18/h5-11H,1-4,13-14H2. The van der Waals surface area contributed by atoms with Crippen LogP contribution in [0.2, 0.25) is 0 Å². The van der Waals surface area contributed by atoms with Crippen molar-refractivity contribution < 1.29 is 19.1 Å². The molecule has 1 aliphatic carbocycles. The number of ketones is 1. The maximum Gasteiger partial charge on any atom is 0.344 e. The molecule has 26 heavy (non-hydrogen) atoms. The Morgan fingerprint density at radius 2 is 1.69 bits per heavy atom. The van der Waals surface area contributed by atoms with Crippen LogP contribution in [0.3, 0.4) is 0 Å². The van der Waals surface area contributed by atoms with Gasteiger partial charge in [-0.2, -0.15) is 5.26 Å². The molecule has 0 aromatic heterocycles. The fourth-order valence-corrected chi connectivity index (χ4v) is 2.95. The second-order valence-corrected chi connectivity index (χ2v) is 6.20. The molecule has 1 aliphatic rings. The van der Waals surface area contributed by atoms with Gasteiger partial charge in [0.1, 0.15) is 5.75 Å². The van der Waals surface area contributed by atoms with Crippen LogP contribution in [0.1, 0.15) is 39.9 Å². The molecule has 2 aromatic carbocycles. The summed E-state index contributed by atoms with van der Waals surface area (Å²) in [5, 5.41) is 8.73. The molecule has 0 spiro atoms. The average molecular weight is 349 g/mol. The number of hydrogen-bond donors (Lipinski definition) is 0. The summed E-state index contributed by atoms with van der Waals surface area (Å²) in [6.45, 7) is -0.586. The number of hydrogen-bond acceptors (Lipinski definition) is 5. The van der Waals surface area contributed by atoms with Crippen LogP contribution in [-0.2, 0) is 22.4 Å². The highest BCUT2D eigenvalue weighted by molar-refractivity contribution is 5.98. The fourth-order valence-electron chi connectivity index (χ4n) is 2.95. The molecule has 5 heteroatoms. The topological polar surface area (TPSA) is 76.4 Å². The number of carbonyl (C=O) groups excluding carboxylic acids is 2. The fraction of sp³-hybridized carbons (Fsp3) is 0.286. The lowest BCUT2D eigenvalue weighted by Crippen LogP contribution is -2.19. The molecule has 0 amide bonds. The molecule has 0 bridgehead atoms. The van der Waals surface area contributed by atoms with E-state index in [9.17, 15) is 9.59 Å². The highest BCUT2D eigenvalue weighted by Gasteiger charge is 2.14. The molecule has 5 nitrogen and oxygen atoms in total. The summed E-state index contributed by atoms with van der Waals surface area (Å²) in [7, 11) is 0. The Hall–Kier alpha value is -3.13. The molecule has 2 aromatic rings. The number of ether oxygens (including phenoxy) is 2. The molecule has 0 saturated carbocycles. The number of Topliss-reactive ketones (excluding diaryl/α,β-unsaturated/α-hetero) is 1. The van der Waals surface area contributed by atoms with Gasteiger partial charge in [0.25, 0.3) is 0 Å². The number of carbonyl (C=O) groups is 2. The highest BCUT2D eigenvalue weighted by atomic mass is 16.6. The molecule has 3 rings (SSSR count). The summed E-state index contributed by atoms with van der Waals surface area (Å²) in [6.07, 6.45) is 4.39. The number of fused-ring (bicyclic) bond motifs is 1. The number of esters is 1. The van der Waals surface area contributed by atoms with E-state index in [0.717, 1.165) is 19.3 Å². The van der Waals surface area contributed by atoms with Gasteiger partial charge in [-0.1, -0.05) is 12.1 Å². The van der Waals surface area contributed by atoms with Gasteiger partial charge in [-0.25, -0.2) is 4.79 Å². The molecular weight excluding hydrogens is 330 g/mol. The van der Waals surface area contributed by atoms with Gasteiger partial charge in [0.15, 0.2) is 19.0 Å². The van der Waals surface area contributed by atoms with Crippen molar-refractivity contribution in [3.8, 4) is 11.8 Å². The normalized spacial score (nSPS) is 12.6. The second kappa shape index (κ2) is 8.30. The van der Waals surface area contributed by atoms with E-state index in [1.807, 2.05) is 18.2 Å². The third-order valence-corrected chi connectivity index (χ3v) is 4.37. The Bertz CT molecular complexity index is 849. The molecule has 0 radical (unpaired) electrons. The van der Waals surface area contributed by atoms with E-state index < -0.39 is 5.97 Å². The van der Waals surface area contributed by atoms with Crippen LogP contribution in [0.15, 0.2) is 42.5 Å². The third-order valence-electron chi connectivity index (χ3n) is 4.37. The summed E-state index contributed by atoms with van der Waals surface area (Å²) >= 11 is 0. The Labute approximate surface area is 152 Å². The summed E-state index contributed by atoms with van der Waals surface area (Å²) < 4.78 is 10.3. The Morgan fingerprint density at radius 1 is 0.962 bits per heavy atom. The van der Waals surface area contributed by atoms with Gasteiger partial charge in [-0.05, 0) is 67.1 Å². The van der Waals surface area contributed by atoms with E-state index in [1.54, 1.807) is 30.3 Å². The van der Waals surface area contributed by atoms with Crippen molar-refractivity contribution in [2.45, 2.75) is 25.7 Å². The predicted octanol–water partition coefficient (Wildman–Crippen LogP) is 3.24. The number of nitriles is 1. The zero-order chi connectivity index (χ0) is 18.4. The van der Waals surface area contributed by atoms with Crippen LogP contribution in [0.5, 0.6) is 5.75 Å². The van der Waals surface area contributed by atoms with Crippen molar-refractivity contribution in [2.24, 2.45) is 0 Å². The first-order valence-electron chi connectivity index (χ1n) is 8.59. The highest BCUT2D eigenvalue weighted by Crippen LogP contribution is 2.22. The lowest BCUT2D eigenvalue weighted by Gasteiger charge is -2.16. The third kappa shape index (κ3) is 4.48. The van der Waals surface area contributed by atoms with E-state index >= 15 is 0 Å². The van der Waals surface area contributed by atoms with Crippen LogP contribution in [0.25, 0.3) is 0 Å². The minimum Gasteiger partial charge on any atom is -0.482 e. The smallest absolute Gasteiger partial charge is 0.344 e. The minimum atomic E-state index is -0.610. The van der Waals surface area contributed by atoms with Gasteiger partial charge in [0, 0.05) is 5.56 Å². The van der Waals surface area contributed by atoms with Crippen molar-refractivity contribution in [3.05, 3.63) is 64.7 Å². The first-order chi connectivity index (χ1) is 12.7. The van der Waals surface area contributed by atoms with Crippen molar-refractivity contribution >= 4 is 11.8 Å². The van der Waals surface area contributed by atoms with Crippen molar-refractivity contribution in [1.82, 2.24) is 0 Å². The average Bonchev–Trinajstić information content (AvgIpc) is 2.70. The maximum atomic E-state index is 12.2. The monoisotopic (exact) mass is 349 g/mol. The van der Waals surface area contributed by atoms with Crippen LogP contribution in [-0.4, -0.2) is 25.0 Å². The summed E-state index contributed by atoms with van der Waals surface area (Å²) in [4.78, 5) is 24.0. The van der Waals surface area contributed by atoms with Crippen LogP contribution >= 0.6 is 0 Å². The van der Waals surface area contributed by atoms with Gasteiger partial charge >= 0.3 is 5.97 Å². The number of rotatable bonds is 6. The molecule has 132 valence electrons. The Balaban J connectivity index is 1.47. The largest absolute Gasteiger partial charge is 0.482 e. The van der Waals surface area contributed by atoms with E-state index in [4.69, 9.17) is 14.7 Å². The molecule has 0 aliphatic heterocycles. The SMILES string of the molecule is N#Cc1ccc(OCC(=O)OCC(=O)c2ccc3c(c2)CCCC3)cc1. The molecule has 0 heterocycles. The van der Waals surface area contributed by atoms with E-state index in [-0.39, 0.29) is 19.0 Å². The predicted molar refractivity (Wildman–Crippen MR) is 95.0 cm³/mol. The van der Waals surface area contributed by atoms with Crippen LogP contribution < -0.4 is 4.74 Å². The lowest BCUT2D eigenvalue weighted by atomic mass is 9.90. The first kappa shape index (κ1) is 17.7. The molecule has 0 saturated heterocycles. The first-order valence-corrected chi connectivity index (χ1v) is 8.59. The Morgan fingerprint density at radius 3 is 2.42 bits per heavy atom. The summed E-state index contributed by atoms with van der Waals surface area (Å²) in [5.41, 5.74) is 3.61. The van der Waals surface area contributed by atoms with Gasteiger partial charge < -0.3 is 9.47 Å². The lowest BCUT2D eigenvalue weighted by molar-refractivity contribution is -0.144. The van der Waals surface area contributed by atoms with Gasteiger partial charge in [-0.15, -0.1) is 0 Å². The zero-order valence-corrected chi connectivity index (χ0v) is 14.4.